The topological polar surface area (TPSA) is 37.8 Å². The lowest BCUT2D eigenvalue weighted by atomic mass is 10.1. The van der Waals surface area contributed by atoms with Gasteiger partial charge in [-0.05, 0) is 30.5 Å². The molecule has 0 aliphatic rings. The van der Waals surface area contributed by atoms with E-state index in [2.05, 4.69) is 63.5 Å². The third-order valence-corrected chi connectivity index (χ3v) is 4.22. The van der Waals surface area contributed by atoms with Gasteiger partial charge in [0.1, 0.15) is 5.01 Å². The van der Waals surface area contributed by atoms with Crippen molar-refractivity contribution < 1.29 is 0 Å². The molecular formula is C13H16BrN3S. The molecule has 0 fully saturated rings. The normalized spacial score (nSPS) is 12.4. The SMILES string of the molecule is CCc1nnc(NC(CC)c2cccc(Br)c2)s1. The van der Waals surface area contributed by atoms with Gasteiger partial charge < -0.3 is 5.32 Å². The van der Waals surface area contributed by atoms with Crippen molar-refractivity contribution in [3.63, 3.8) is 0 Å². The summed E-state index contributed by atoms with van der Waals surface area (Å²) in [6.45, 7) is 4.26. The minimum absolute atomic E-state index is 0.278. The van der Waals surface area contributed by atoms with Gasteiger partial charge in [0.05, 0.1) is 6.04 Å². The second-order valence-electron chi connectivity index (χ2n) is 4.01. The Labute approximate surface area is 120 Å². The van der Waals surface area contributed by atoms with Crippen LogP contribution in [-0.4, -0.2) is 10.2 Å². The van der Waals surface area contributed by atoms with Crippen LogP contribution in [0.1, 0.15) is 36.9 Å². The highest BCUT2D eigenvalue weighted by Crippen LogP contribution is 2.26. The Kier molecular flexibility index (Phi) is 4.72. The number of anilines is 1. The van der Waals surface area contributed by atoms with Crippen LogP contribution in [0.3, 0.4) is 0 Å². The molecule has 1 unspecified atom stereocenters. The van der Waals surface area contributed by atoms with Crippen LogP contribution in [0, 0.1) is 0 Å². The first-order valence-corrected chi connectivity index (χ1v) is 7.68. The van der Waals surface area contributed by atoms with E-state index in [-0.39, 0.29) is 6.04 Å². The second kappa shape index (κ2) is 6.29. The third kappa shape index (κ3) is 3.29. The molecule has 2 aromatic rings. The first-order valence-electron chi connectivity index (χ1n) is 6.07. The van der Waals surface area contributed by atoms with Gasteiger partial charge in [-0.1, -0.05) is 53.2 Å². The van der Waals surface area contributed by atoms with Crippen molar-refractivity contribution in [3.8, 4) is 0 Å². The molecular weight excluding hydrogens is 310 g/mol. The molecule has 5 heteroatoms. The number of halogens is 1. The summed E-state index contributed by atoms with van der Waals surface area (Å²) in [6, 6.07) is 8.65. The maximum Gasteiger partial charge on any atom is 0.206 e. The Morgan fingerprint density at radius 3 is 2.78 bits per heavy atom. The maximum absolute atomic E-state index is 4.17. The highest BCUT2D eigenvalue weighted by atomic mass is 79.9. The number of benzene rings is 1. The summed E-state index contributed by atoms with van der Waals surface area (Å²) in [6.07, 6.45) is 1.95. The molecule has 1 aromatic heterocycles. The van der Waals surface area contributed by atoms with Crippen LogP contribution in [0.4, 0.5) is 5.13 Å². The number of rotatable bonds is 5. The summed E-state index contributed by atoms with van der Waals surface area (Å²) >= 11 is 5.14. The highest BCUT2D eigenvalue weighted by Gasteiger charge is 2.12. The minimum atomic E-state index is 0.278. The molecule has 0 spiro atoms. The third-order valence-electron chi connectivity index (χ3n) is 2.73. The van der Waals surface area contributed by atoms with Crippen LogP contribution in [0.15, 0.2) is 28.7 Å². The largest absolute Gasteiger partial charge is 0.353 e. The van der Waals surface area contributed by atoms with Gasteiger partial charge in [-0.2, -0.15) is 0 Å². The summed E-state index contributed by atoms with van der Waals surface area (Å²) in [4.78, 5) is 0. The van der Waals surface area contributed by atoms with Crippen molar-refractivity contribution in [1.29, 1.82) is 0 Å². The van der Waals surface area contributed by atoms with Crippen LogP contribution >= 0.6 is 27.3 Å². The maximum atomic E-state index is 4.17. The highest BCUT2D eigenvalue weighted by molar-refractivity contribution is 9.10. The summed E-state index contributed by atoms with van der Waals surface area (Å²) in [7, 11) is 0. The van der Waals surface area contributed by atoms with Crippen molar-refractivity contribution in [3.05, 3.63) is 39.3 Å². The molecule has 0 saturated carbocycles. The molecule has 1 N–H and O–H groups in total. The minimum Gasteiger partial charge on any atom is -0.353 e. The molecule has 0 bridgehead atoms. The lowest BCUT2D eigenvalue weighted by Gasteiger charge is -2.16. The molecule has 2 rings (SSSR count). The summed E-state index contributed by atoms with van der Waals surface area (Å²) < 4.78 is 1.10. The average molecular weight is 326 g/mol. The average Bonchev–Trinajstić information content (AvgIpc) is 2.83. The quantitative estimate of drug-likeness (QED) is 0.883. The monoisotopic (exact) mass is 325 g/mol. The van der Waals surface area contributed by atoms with Crippen molar-refractivity contribution in [2.75, 3.05) is 5.32 Å². The number of hydrogen-bond donors (Lipinski definition) is 1. The first-order chi connectivity index (χ1) is 8.72. The zero-order chi connectivity index (χ0) is 13.0. The van der Waals surface area contributed by atoms with Crippen LogP contribution in [0.2, 0.25) is 0 Å². The van der Waals surface area contributed by atoms with Crippen molar-refractivity contribution in [1.82, 2.24) is 10.2 Å². The van der Waals surface area contributed by atoms with Gasteiger partial charge in [-0.3, -0.25) is 0 Å². The van der Waals surface area contributed by atoms with E-state index in [4.69, 9.17) is 0 Å². The van der Waals surface area contributed by atoms with E-state index in [0.717, 1.165) is 27.5 Å². The fourth-order valence-corrected chi connectivity index (χ4v) is 2.90. The van der Waals surface area contributed by atoms with Crippen molar-refractivity contribution >= 4 is 32.4 Å². The van der Waals surface area contributed by atoms with E-state index < -0.39 is 0 Å². The molecule has 1 heterocycles. The molecule has 3 nitrogen and oxygen atoms in total. The van der Waals surface area contributed by atoms with Gasteiger partial charge in [0.25, 0.3) is 0 Å². The number of aryl methyl sites for hydroxylation is 1. The Balaban J connectivity index is 2.14. The Morgan fingerprint density at radius 1 is 1.33 bits per heavy atom. The Bertz CT molecular complexity index is 512. The van der Waals surface area contributed by atoms with E-state index in [0.29, 0.717) is 0 Å². The fraction of sp³-hybridized carbons (Fsp3) is 0.385. The van der Waals surface area contributed by atoms with E-state index in [1.165, 1.54) is 5.56 Å². The van der Waals surface area contributed by atoms with E-state index in [1.54, 1.807) is 11.3 Å². The molecule has 0 amide bonds. The fourth-order valence-electron chi connectivity index (χ4n) is 1.75. The van der Waals surface area contributed by atoms with E-state index in [9.17, 15) is 0 Å². The van der Waals surface area contributed by atoms with Gasteiger partial charge in [0.15, 0.2) is 0 Å². The zero-order valence-electron chi connectivity index (χ0n) is 10.5. The Morgan fingerprint density at radius 2 is 2.17 bits per heavy atom. The predicted molar refractivity (Wildman–Crippen MR) is 80.1 cm³/mol. The van der Waals surface area contributed by atoms with Gasteiger partial charge in [0.2, 0.25) is 5.13 Å². The van der Waals surface area contributed by atoms with Crippen LogP contribution < -0.4 is 5.32 Å². The molecule has 0 saturated heterocycles. The van der Waals surface area contributed by atoms with Gasteiger partial charge in [0, 0.05) is 4.47 Å². The van der Waals surface area contributed by atoms with Gasteiger partial charge in [-0.25, -0.2) is 0 Å². The lowest BCUT2D eigenvalue weighted by molar-refractivity contribution is 0.745. The summed E-state index contributed by atoms with van der Waals surface area (Å²) in [5.41, 5.74) is 1.26. The standard InChI is InChI=1S/C13H16BrN3S/c1-3-11(9-6-5-7-10(14)8-9)15-13-17-16-12(4-2)18-13/h5-8,11H,3-4H2,1-2H3,(H,15,17). The number of nitrogens with one attached hydrogen (secondary N) is 1. The van der Waals surface area contributed by atoms with Crippen LogP contribution in [-0.2, 0) is 6.42 Å². The smallest absolute Gasteiger partial charge is 0.206 e. The molecule has 0 aliphatic carbocycles. The zero-order valence-corrected chi connectivity index (χ0v) is 12.9. The lowest BCUT2D eigenvalue weighted by Crippen LogP contribution is -2.09. The van der Waals surface area contributed by atoms with E-state index >= 15 is 0 Å². The Hall–Kier alpha value is -0.940. The number of nitrogens with zero attached hydrogens (tertiary/aromatic N) is 2. The van der Waals surface area contributed by atoms with Crippen LogP contribution in [0.5, 0.6) is 0 Å². The molecule has 1 atom stereocenters. The van der Waals surface area contributed by atoms with Crippen molar-refractivity contribution in [2.24, 2.45) is 0 Å². The first kappa shape index (κ1) is 13.5. The summed E-state index contributed by atoms with van der Waals surface area (Å²) in [5, 5.41) is 13.7. The molecule has 0 radical (unpaired) electrons. The predicted octanol–water partition coefficient (Wildman–Crippen LogP) is 4.43. The van der Waals surface area contributed by atoms with E-state index in [1.807, 2.05) is 6.07 Å². The number of hydrogen-bond acceptors (Lipinski definition) is 4. The van der Waals surface area contributed by atoms with Crippen molar-refractivity contribution in [2.45, 2.75) is 32.7 Å². The molecule has 18 heavy (non-hydrogen) atoms. The van der Waals surface area contributed by atoms with Gasteiger partial charge >= 0.3 is 0 Å². The van der Waals surface area contributed by atoms with Crippen LogP contribution in [0.25, 0.3) is 0 Å². The summed E-state index contributed by atoms with van der Waals surface area (Å²) in [5.74, 6) is 0. The number of aromatic nitrogens is 2. The second-order valence-corrected chi connectivity index (χ2v) is 5.99. The van der Waals surface area contributed by atoms with Gasteiger partial charge in [-0.15, -0.1) is 10.2 Å². The molecule has 1 aromatic carbocycles. The molecule has 0 aliphatic heterocycles. The molecule has 96 valence electrons.